The molecule has 0 heterocycles. The van der Waals surface area contributed by atoms with Crippen molar-refractivity contribution in [2.24, 2.45) is 0 Å². The number of esters is 1. The third-order valence-corrected chi connectivity index (χ3v) is 3.29. The first-order chi connectivity index (χ1) is 10.3. The number of benzene rings is 1. The lowest BCUT2D eigenvalue weighted by atomic mass is 9.81. The number of hydrogen-bond acceptors (Lipinski definition) is 4. The van der Waals surface area contributed by atoms with Gasteiger partial charge in [0.15, 0.2) is 0 Å². The first kappa shape index (κ1) is 18.7. The number of rotatable bonds is 3. The predicted octanol–water partition coefficient (Wildman–Crippen LogP) is 3.53. The lowest BCUT2D eigenvalue weighted by Crippen LogP contribution is -2.18. The Kier molecular flexibility index (Phi) is 5.25. The molecule has 0 aromatic heterocycles. The maximum absolute atomic E-state index is 11.8. The zero-order chi connectivity index (χ0) is 18.0. The molecule has 1 aromatic rings. The van der Waals surface area contributed by atoms with Crippen LogP contribution in [0.1, 0.15) is 52.7 Å². The van der Waals surface area contributed by atoms with Crippen LogP contribution in [-0.4, -0.2) is 22.2 Å². The number of hydrogen-bond donors (Lipinski definition) is 2. The third kappa shape index (κ3) is 5.13. The van der Waals surface area contributed by atoms with Gasteiger partial charge in [0.1, 0.15) is 11.5 Å². The third-order valence-electron chi connectivity index (χ3n) is 3.29. The minimum absolute atomic E-state index is 0.142. The monoisotopic (exact) mass is 320 g/mol. The summed E-state index contributed by atoms with van der Waals surface area (Å²) in [5, 5.41) is 18.9. The Morgan fingerprint density at radius 2 is 1.48 bits per heavy atom. The molecule has 1 aromatic carbocycles. The van der Waals surface area contributed by atoms with Gasteiger partial charge >= 0.3 is 11.9 Å². The van der Waals surface area contributed by atoms with Gasteiger partial charge in [-0.1, -0.05) is 41.5 Å². The summed E-state index contributed by atoms with van der Waals surface area (Å²) in [4.78, 5) is 22.3. The van der Waals surface area contributed by atoms with Crippen molar-refractivity contribution >= 4 is 11.9 Å². The van der Waals surface area contributed by atoms with Gasteiger partial charge in [0.25, 0.3) is 0 Å². The highest BCUT2D eigenvalue weighted by atomic mass is 16.5. The Labute approximate surface area is 136 Å². The number of carboxylic acid groups (broad SMARTS) is 1. The molecule has 0 saturated carbocycles. The van der Waals surface area contributed by atoms with Crippen LogP contribution in [0.3, 0.4) is 0 Å². The number of carbonyl (C=O) groups is 2. The van der Waals surface area contributed by atoms with Crippen molar-refractivity contribution in [1.29, 1.82) is 0 Å². The van der Waals surface area contributed by atoms with E-state index in [0.29, 0.717) is 16.9 Å². The van der Waals surface area contributed by atoms with Gasteiger partial charge in [-0.2, -0.15) is 0 Å². The Morgan fingerprint density at radius 3 is 1.91 bits per heavy atom. The predicted molar refractivity (Wildman–Crippen MR) is 87.9 cm³/mol. The van der Waals surface area contributed by atoms with Crippen LogP contribution in [0, 0.1) is 0 Å². The topological polar surface area (TPSA) is 83.8 Å². The first-order valence-corrected chi connectivity index (χ1v) is 7.33. The number of aliphatic carboxylic acids is 1. The van der Waals surface area contributed by atoms with E-state index in [0.717, 1.165) is 12.2 Å². The van der Waals surface area contributed by atoms with Crippen LogP contribution >= 0.6 is 0 Å². The zero-order valence-corrected chi connectivity index (χ0v) is 14.4. The summed E-state index contributed by atoms with van der Waals surface area (Å²) in [5.41, 5.74) is 0.620. The van der Waals surface area contributed by atoms with Gasteiger partial charge in [0.05, 0.1) is 0 Å². The molecule has 0 bridgehead atoms. The fourth-order valence-electron chi connectivity index (χ4n) is 2.12. The molecule has 0 atom stereocenters. The van der Waals surface area contributed by atoms with E-state index in [9.17, 15) is 14.7 Å². The standard InChI is InChI=1S/C18H24O5/c1-17(2,3)11-10-14(23-16(22)8-7-15(20)21)12(9-13(11)19)18(4,5)6/h7-10,19H,1-6H3,(H,20,21). The van der Waals surface area contributed by atoms with Crippen molar-refractivity contribution in [3.05, 3.63) is 35.4 Å². The van der Waals surface area contributed by atoms with Crippen LogP contribution in [0.2, 0.25) is 0 Å². The van der Waals surface area contributed by atoms with Crippen LogP contribution in [-0.2, 0) is 20.4 Å². The quantitative estimate of drug-likeness (QED) is 0.505. The van der Waals surface area contributed by atoms with Crippen molar-refractivity contribution < 1.29 is 24.5 Å². The maximum Gasteiger partial charge on any atom is 0.336 e. The second-order valence-electron chi connectivity index (χ2n) is 7.46. The SMILES string of the molecule is CC(C)(C)c1cc(OC(=O)C=CC(=O)O)c(C(C)(C)C)cc1O. The van der Waals surface area contributed by atoms with E-state index >= 15 is 0 Å². The summed E-state index contributed by atoms with van der Waals surface area (Å²) in [6.45, 7) is 11.6. The van der Waals surface area contributed by atoms with Gasteiger partial charge in [-0.3, -0.25) is 0 Å². The summed E-state index contributed by atoms with van der Waals surface area (Å²) >= 11 is 0. The molecule has 126 valence electrons. The largest absolute Gasteiger partial charge is 0.508 e. The molecule has 1 rings (SSSR count). The van der Waals surface area contributed by atoms with Gasteiger partial charge in [-0.05, 0) is 23.0 Å². The van der Waals surface area contributed by atoms with Crippen LogP contribution in [0.15, 0.2) is 24.3 Å². The second-order valence-corrected chi connectivity index (χ2v) is 7.46. The second kappa shape index (κ2) is 6.44. The Hall–Kier alpha value is -2.30. The van der Waals surface area contributed by atoms with Crippen molar-refractivity contribution in [3.63, 3.8) is 0 Å². The fourth-order valence-corrected chi connectivity index (χ4v) is 2.12. The minimum atomic E-state index is -1.22. The maximum atomic E-state index is 11.8. The van der Waals surface area contributed by atoms with Crippen molar-refractivity contribution in [2.45, 2.75) is 52.4 Å². The Balaban J connectivity index is 3.37. The molecule has 0 unspecified atom stereocenters. The highest BCUT2D eigenvalue weighted by Crippen LogP contribution is 2.40. The summed E-state index contributed by atoms with van der Waals surface area (Å²) in [7, 11) is 0. The van der Waals surface area contributed by atoms with Crippen molar-refractivity contribution in [1.82, 2.24) is 0 Å². The van der Waals surface area contributed by atoms with E-state index in [2.05, 4.69) is 0 Å². The molecule has 5 nitrogen and oxygen atoms in total. The molecule has 0 aliphatic rings. The molecule has 0 aliphatic heterocycles. The van der Waals surface area contributed by atoms with E-state index < -0.39 is 11.9 Å². The van der Waals surface area contributed by atoms with Crippen LogP contribution in [0.25, 0.3) is 0 Å². The summed E-state index contributed by atoms with van der Waals surface area (Å²) < 4.78 is 5.31. The molecule has 5 heteroatoms. The van der Waals surface area contributed by atoms with Crippen molar-refractivity contribution in [3.8, 4) is 11.5 Å². The van der Waals surface area contributed by atoms with Gasteiger partial charge < -0.3 is 14.9 Å². The van der Waals surface area contributed by atoms with Gasteiger partial charge in [-0.15, -0.1) is 0 Å². The number of phenols is 1. The normalized spacial score (nSPS) is 12.4. The van der Waals surface area contributed by atoms with Gasteiger partial charge in [0.2, 0.25) is 0 Å². The summed E-state index contributed by atoms with van der Waals surface area (Å²) in [5.74, 6) is -1.54. The van der Waals surface area contributed by atoms with E-state index in [1.807, 2.05) is 41.5 Å². The average molecular weight is 320 g/mol. The molecule has 0 amide bonds. The zero-order valence-electron chi connectivity index (χ0n) is 14.4. The minimum Gasteiger partial charge on any atom is -0.508 e. The lowest BCUT2D eigenvalue weighted by Gasteiger charge is -2.27. The van der Waals surface area contributed by atoms with E-state index in [1.165, 1.54) is 0 Å². The first-order valence-electron chi connectivity index (χ1n) is 7.33. The Morgan fingerprint density at radius 1 is 0.957 bits per heavy atom. The van der Waals surface area contributed by atoms with E-state index in [4.69, 9.17) is 9.84 Å². The molecule has 0 aliphatic carbocycles. The molecule has 23 heavy (non-hydrogen) atoms. The molecule has 0 radical (unpaired) electrons. The number of phenolic OH excluding ortho intramolecular Hbond substituents is 1. The smallest absolute Gasteiger partial charge is 0.336 e. The number of carbonyl (C=O) groups excluding carboxylic acids is 1. The molecule has 2 N–H and O–H groups in total. The molecular weight excluding hydrogens is 296 g/mol. The number of carboxylic acids is 1. The lowest BCUT2D eigenvalue weighted by molar-refractivity contribution is -0.133. The molecule has 0 spiro atoms. The average Bonchev–Trinajstić information content (AvgIpc) is 2.35. The molecular formula is C18H24O5. The van der Waals surface area contributed by atoms with Crippen LogP contribution in [0.5, 0.6) is 11.5 Å². The van der Waals surface area contributed by atoms with Gasteiger partial charge in [-0.25, -0.2) is 9.59 Å². The fraction of sp³-hybridized carbons (Fsp3) is 0.444. The molecule has 0 fully saturated rings. The Bertz CT molecular complexity index is 643. The van der Waals surface area contributed by atoms with E-state index in [-0.39, 0.29) is 16.6 Å². The van der Waals surface area contributed by atoms with Crippen LogP contribution < -0.4 is 4.74 Å². The van der Waals surface area contributed by atoms with Crippen LogP contribution in [0.4, 0.5) is 0 Å². The highest BCUT2D eigenvalue weighted by Gasteiger charge is 2.26. The van der Waals surface area contributed by atoms with Crippen molar-refractivity contribution in [2.75, 3.05) is 0 Å². The van der Waals surface area contributed by atoms with Gasteiger partial charge in [0, 0.05) is 23.3 Å². The summed E-state index contributed by atoms with van der Waals surface area (Å²) in [6, 6.07) is 3.24. The highest BCUT2D eigenvalue weighted by molar-refractivity contribution is 5.91. The summed E-state index contributed by atoms with van der Waals surface area (Å²) in [6.07, 6.45) is 1.59. The number of aromatic hydroxyl groups is 1. The number of ether oxygens (including phenoxy) is 1. The van der Waals surface area contributed by atoms with E-state index in [1.54, 1.807) is 12.1 Å². The molecule has 0 saturated heterocycles.